The van der Waals surface area contributed by atoms with Crippen molar-refractivity contribution in [3.05, 3.63) is 54.1 Å². The Bertz CT molecular complexity index is 535. The van der Waals surface area contributed by atoms with Crippen molar-refractivity contribution in [1.82, 2.24) is 0 Å². The molecule has 0 aliphatic rings. The largest absolute Gasteiger partial charge is 0.493 e. The fraction of sp³-hybridized carbons (Fsp3) is 0.294. The lowest BCUT2D eigenvalue weighted by Gasteiger charge is -2.11. The lowest BCUT2D eigenvalue weighted by molar-refractivity contribution is 0.271. The molecular weight excluding hydrogens is 248 g/mol. The topological polar surface area (TPSA) is 47.3 Å². The minimum Gasteiger partial charge on any atom is -0.493 e. The van der Waals surface area contributed by atoms with E-state index >= 15 is 0 Å². The summed E-state index contributed by atoms with van der Waals surface area (Å²) in [5.74, 6) is 1.44. The molecule has 20 heavy (non-hydrogen) atoms. The van der Waals surface area contributed by atoms with Crippen LogP contribution in [0.3, 0.4) is 0 Å². The van der Waals surface area contributed by atoms with Gasteiger partial charge in [0.15, 0.2) is 0 Å². The molecule has 0 fully saturated rings. The van der Waals surface area contributed by atoms with Crippen LogP contribution in [0, 0.1) is 5.92 Å². The van der Waals surface area contributed by atoms with E-state index in [-0.39, 0.29) is 0 Å². The van der Waals surface area contributed by atoms with Crippen molar-refractivity contribution in [2.45, 2.75) is 20.4 Å². The first-order valence-corrected chi connectivity index (χ1v) is 6.95. The van der Waals surface area contributed by atoms with E-state index in [4.69, 9.17) is 10.5 Å². The Morgan fingerprint density at radius 1 is 1.05 bits per heavy atom. The maximum atomic E-state index is 5.92. The summed E-state index contributed by atoms with van der Waals surface area (Å²) in [6.45, 7) is 5.74. The molecule has 0 radical (unpaired) electrons. The number of nitrogens with one attached hydrogen (secondary N) is 1. The molecule has 106 valence electrons. The summed E-state index contributed by atoms with van der Waals surface area (Å²) in [7, 11) is 0. The Kier molecular flexibility index (Phi) is 4.88. The molecule has 0 aliphatic heterocycles. The SMILES string of the molecule is CC(C)COc1ccc(NCc2ccccc2N)cc1. The molecule has 2 rings (SSSR count). The number of nitrogen functional groups attached to an aromatic ring is 1. The molecule has 0 saturated carbocycles. The average Bonchev–Trinajstić information content (AvgIpc) is 2.45. The van der Waals surface area contributed by atoms with E-state index in [9.17, 15) is 0 Å². The van der Waals surface area contributed by atoms with Gasteiger partial charge in [0.1, 0.15) is 5.75 Å². The van der Waals surface area contributed by atoms with Gasteiger partial charge in [0.25, 0.3) is 0 Å². The number of hydrogen-bond donors (Lipinski definition) is 2. The molecule has 3 heteroatoms. The molecule has 0 aliphatic carbocycles. The highest BCUT2D eigenvalue weighted by Gasteiger charge is 2.00. The molecular formula is C17H22N2O. The van der Waals surface area contributed by atoms with Crippen molar-refractivity contribution >= 4 is 11.4 Å². The standard InChI is InChI=1S/C17H22N2O/c1-13(2)12-20-16-9-7-15(8-10-16)19-11-14-5-3-4-6-17(14)18/h3-10,13,19H,11-12,18H2,1-2H3. The summed E-state index contributed by atoms with van der Waals surface area (Å²) >= 11 is 0. The van der Waals surface area contributed by atoms with Gasteiger partial charge in [-0.2, -0.15) is 0 Å². The third kappa shape index (κ3) is 4.19. The number of anilines is 2. The molecule has 2 aromatic carbocycles. The van der Waals surface area contributed by atoms with Gasteiger partial charge in [-0.05, 0) is 41.8 Å². The van der Waals surface area contributed by atoms with Gasteiger partial charge in [-0.1, -0.05) is 32.0 Å². The number of ether oxygens (including phenoxy) is 1. The first kappa shape index (κ1) is 14.3. The van der Waals surface area contributed by atoms with Crippen molar-refractivity contribution < 1.29 is 4.74 Å². The highest BCUT2D eigenvalue weighted by Crippen LogP contribution is 2.18. The van der Waals surface area contributed by atoms with Crippen LogP contribution in [-0.2, 0) is 6.54 Å². The predicted octanol–water partition coefficient (Wildman–Crippen LogP) is 3.92. The second kappa shape index (κ2) is 6.85. The van der Waals surface area contributed by atoms with Gasteiger partial charge >= 0.3 is 0 Å². The minimum absolute atomic E-state index is 0.536. The van der Waals surface area contributed by atoms with Crippen LogP contribution < -0.4 is 15.8 Å². The van der Waals surface area contributed by atoms with Gasteiger partial charge in [0.05, 0.1) is 6.61 Å². The van der Waals surface area contributed by atoms with Crippen LogP contribution in [0.1, 0.15) is 19.4 Å². The Labute approximate surface area is 120 Å². The fourth-order valence-electron chi connectivity index (χ4n) is 1.82. The number of rotatable bonds is 6. The molecule has 2 aromatic rings. The first-order valence-electron chi connectivity index (χ1n) is 6.95. The predicted molar refractivity (Wildman–Crippen MR) is 85.0 cm³/mol. The third-order valence-electron chi connectivity index (χ3n) is 2.98. The maximum absolute atomic E-state index is 5.92. The van der Waals surface area contributed by atoms with Crippen molar-refractivity contribution in [2.24, 2.45) is 5.92 Å². The van der Waals surface area contributed by atoms with Crippen LogP contribution in [0.15, 0.2) is 48.5 Å². The summed E-state index contributed by atoms with van der Waals surface area (Å²) in [4.78, 5) is 0. The van der Waals surface area contributed by atoms with E-state index in [2.05, 4.69) is 19.2 Å². The zero-order chi connectivity index (χ0) is 14.4. The minimum atomic E-state index is 0.536. The van der Waals surface area contributed by atoms with Crippen LogP contribution in [0.2, 0.25) is 0 Å². The molecule has 0 aromatic heterocycles. The van der Waals surface area contributed by atoms with Crippen molar-refractivity contribution in [2.75, 3.05) is 17.7 Å². The average molecular weight is 270 g/mol. The van der Waals surface area contributed by atoms with E-state index < -0.39 is 0 Å². The second-order valence-corrected chi connectivity index (χ2v) is 5.28. The fourth-order valence-corrected chi connectivity index (χ4v) is 1.82. The quantitative estimate of drug-likeness (QED) is 0.782. The number of hydrogen-bond acceptors (Lipinski definition) is 3. The van der Waals surface area contributed by atoms with Gasteiger partial charge in [-0.15, -0.1) is 0 Å². The van der Waals surface area contributed by atoms with E-state index in [0.29, 0.717) is 5.92 Å². The highest BCUT2D eigenvalue weighted by molar-refractivity contribution is 5.51. The van der Waals surface area contributed by atoms with Gasteiger partial charge in [-0.3, -0.25) is 0 Å². The monoisotopic (exact) mass is 270 g/mol. The van der Waals surface area contributed by atoms with Crippen LogP contribution in [0.25, 0.3) is 0 Å². The summed E-state index contributed by atoms with van der Waals surface area (Å²) in [5.41, 5.74) is 8.90. The Morgan fingerprint density at radius 3 is 2.40 bits per heavy atom. The van der Waals surface area contributed by atoms with E-state index in [0.717, 1.165) is 35.8 Å². The van der Waals surface area contributed by atoms with Crippen LogP contribution in [0.5, 0.6) is 5.75 Å². The maximum Gasteiger partial charge on any atom is 0.119 e. The Hall–Kier alpha value is -2.16. The zero-order valence-electron chi connectivity index (χ0n) is 12.1. The number of benzene rings is 2. The molecule has 3 nitrogen and oxygen atoms in total. The molecule has 0 amide bonds. The summed E-state index contributed by atoms with van der Waals surface area (Å²) in [6, 6.07) is 15.9. The second-order valence-electron chi connectivity index (χ2n) is 5.28. The van der Waals surface area contributed by atoms with Crippen LogP contribution >= 0.6 is 0 Å². The van der Waals surface area contributed by atoms with Crippen molar-refractivity contribution in [1.29, 1.82) is 0 Å². The van der Waals surface area contributed by atoms with Gasteiger partial charge in [0, 0.05) is 17.9 Å². The normalized spacial score (nSPS) is 10.6. The smallest absolute Gasteiger partial charge is 0.119 e. The Balaban J connectivity index is 1.89. The Morgan fingerprint density at radius 2 is 1.75 bits per heavy atom. The molecule has 0 bridgehead atoms. The van der Waals surface area contributed by atoms with Crippen molar-refractivity contribution in [3.8, 4) is 5.75 Å². The molecule has 0 unspecified atom stereocenters. The van der Waals surface area contributed by atoms with E-state index in [1.54, 1.807) is 0 Å². The van der Waals surface area contributed by atoms with Crippen LogP contribution in [0.4, 0.5) is 11.4 Å². The summed E-state index contributed by atoms with van der Waals surface area (Å²) in [6.07, 6.45) is 0. The lowest BCUT2D eigenvalue weighted by atomic mass is 10.2. The number of para-hydroxylation sites is 1. The van der Waals surface area contributed by atoms with E-state index in [1.165, 1.54) is 0 Å². The number of nitrogens with two attached hydrogens (primary N) is 1. The third-order valence-corrected chi connectivity index (χ3v) is 2.98. The lowest BCUT2D eigenvalue weighted by Crippen LogP contribution is -2.05. The molecule has 0 atom stereocenters. The van der Waals surface area contributed by atoms with Crippen molar-refractivity contribution in [3.63, 3.8) is 0 Å². The zero-order valence-corrected chi connectivity index (χ0v) is 12.1. The first-order chi connectivity index (χ1) is 9.65. The molecule has 0 heterocycles. The molecule has 0 spiro atoms. The summed E-state index contributed by atoms with van der Waals surface area (Å²) in [5, 5.41) is 3.36. The van der Waals surface area contributed by atoms with Gasteiger partial charge in [-0.25, -0.2) is 0 Å². The molecule has 0 saturated heterocycles. The molecule has 3 N–H and O–H groups in total. The van der Waals surface area contributed by atoms with E-state index in [1.807, 2.05) is 48.5 Å². The van der Waals surface area contributed by atoms with Gasteiger partial charge < -0.3 is 15.8 Å². The highest BCUT2D eigenvalue weighted by atomic mass is 16.5. The van der Waals surface area contributed by atoms with Gasteiger partial charge in [0.2, 0.25) is 0 Å². The summed E-state index contributed by atoms with van der Waals surface area (Å²) < 4.78 is 5.66. The van der Waals surface area contributed by atoms with Crippen LogP contribution in [-0.4, -0.2) is 6.61 Å².